The molecule has 0 aliphatic rings. The van der Waals surface area contributed by atoms with Crippen molar-refractivity contribution < 1.29 is 0 Å². The van der Waals surface area contributed by atoms with E-state index in [4.69, 9.17) is 11.6 Å². The lowest BCUT2D eigenvalue weighted by molar-refractivity contribution is 1.33. The summed E-state index contributed by atoms with van der Waals surface area (Å²) in [6.07, 6.45) is 3.46. The molecule has 0 saturated heterocycles. The van der Waals surface area contributed by atoms with Gasteiger partial charge in [-0.15, -0.1) is 0 Å². The number of H-pyrrole nitrogens is 1. The van der Waals surface area contributed by atoms with Crippen LogP contribution in [0.4, 0.5) is 0 Å². The predicted molar refractivity (Wildman–Crippen MR) is 64.3 cm³/mol. The summed E-state index contributed by atoms with van der Waals surface area (Å²) >= 11 is 6.11. The second-order valence-electron chi connectivity index (χ2n) is 3.46. The maximum absolute atomic E-state index is 6.11. The van der Waals surface area contributed by atoms with E-state index in [1.54, 1.807) is 12.4 Å². The van der Waals surface area contributed by atoms with Crippen LogP contribution in [0.3, 0.4) is 0 Å². The van der Waals surface area contributed by atoms with Crippen LogP contribution < -0.4 is 0 Å². The van der Waals surface area contributed by atoms with Crippen LogP contribution in [0.15, 0.2) is 42.7 Å². The van der Waals surface area contributed by atoms with Gasteiger partial charge >= 0.3 is 0 Å². The summed E-state index contributed by atoms with van der Waals surface area (Å²) in [7, 11) is 0. The highest BCUT2D eigenvalue weighted by molar-refractivity contribution is 6.33. The first-order valence-electron chi connectivity index (χ1n) is 4.89. The molecule has 0 spiro atoms. The summed E-state index contributed by atoms with van der Waals surface area (Å²) < 4.78 is 0. The van der Waals surface area contributed by atoms with Crippen LogP contribution in [0.5, 0.6) is 0 Å². The molecule has 0 bridgehead atoms. The Morgan fingerprint density at radius 1 is 1.12 bits per heavy atom. The van der Waals surface area contributed by atoms with Crippen LogP contribution in [-0.2, 0) is 0 Å². The topological polar surface area (TPSA) is 41.6 Å². The number of hydrogen-bond acceptors (Lipinski definition) is 2. The fourth-order valence-electron chi connectivity index (χ4n) is 1.64. The van der Waals surface area contributed by atoms with Gasteiger partial charge in [0.1, 0.15) is 11.3 Å². The van der Waals surface area contributed by atoms with Crippen LogP contribution >= 0.6 is 11.6 Å². The minimum Gasteiger partial charge on any atom is -0.338 e. The van der Waals surface area contributed by atoms with Gasteiger partial charge in [0, 0.05) is 11.8 Å². The quantitative estimate of drug-likeness (QED) is 0.696. The molecule has 3 rings (SSSR count). The number of aromatic amines is 1. The maximum atomic E-state index is 6.11. The van der Waals surface area contributed by atoms with Gasteiger partial charge in [0.15, 0.2) is 0 Å². The molecule has 0 atom stereocenters. The van der Waals surface area contributed by atoms with Crippen molar-refractivity contribution in [1.82, 2.24) is 15.0 Å². The van der Waals surface area contributed by atoms with E-state index in [1.807, 2.05) is 30.3 Å². The van der Waals surface area contributed by atoms with E-state index in [-0.39, 0.29) is 0 Å². The van der Waals surface area contributed by atoms with Crippen LogP contribution in [0.1, 0.15) is 0 Å². The number of nitrogens with zero attached hydrogens (tertiary/aromatic N) is 2. The lowest BCUT2D eigenvalue weighted by atomic mass is 10.2. The van der Waals surface area contributed by atoms with Gasteiger partial charge in [0.2, 0.25) is 0 Å². The summed E-state index contributed by atoms with van der Waals surface area (Å²) in [5.74, 6) is 0.772. The Morgan fingerprint density at radius 3 is 2.81 bits per heavy atom. The SMILES string of the molecule is Clc1ccccc1-c1nc2cnccc2[nH]1. The molecule has 2 aromatic heterocycles. The molecule has 0 unspecified atom stereocenters. The molecule has 3 aromatic rings. The van der Waals surface area contributed by atoms with Crippen molar-refractivity contribution in [3.8, 4) is 11.4 Å². The molecule has 4 heteroatoms. The Bertz CT molecular complexity index is 612. The first-order valence-corrected chi connectivity index (χ1v) is 5.27. The number of nitrogens with one attached hydrogen (secondary N) is 1. The Labute approximate surface area is 97.1 Å². The molecule has 0 amide bonds. The molecular formula is C12H8ClN3. The zero-order valence-electron chi connectivity index (χ0n) is 8.31. The lowest BCUT2D eigenvalue weighted by Gasteiger charge is -1.98. The fourth-order valence-corrected chi connectivity index (χ4v) is 1.86. The summed E-state index contributed by atoms with van der Waals surface area (Å²) in [6, 6.07) is 9.52. The van der Waals surface area contributed by atoms with E-state index in [0.29, 0.717) is 5.02 Å². The van der Waals surface area contributed by atoms with Crippen molar-refractivity contribution in [2.75, 3.05) is 0 Å². The lowest BCUT2D eigenvalue weighted by Crippen LogP contribution is -1.80. The van der Waals surface area contributed by atoms with Gasteiger partial charge in [-0.05, 0) is 18.2 Å². The molecular weight excluding hydrogens is 222 g/mol. The summed E-state index contributed by atoms with van der Waals surface area (Å²) in [5, 5.41) is 0.689. The normalized spacial score (nSPS) is 10.8. The third-order valence-corrected chi connectivity index (χ3v) is 2.74. The van der Waals surface area contributed by atoms with Crippen molar-refractivity contribution in [2.24, 2.45) is 0 Å². The van der Waals surface area contributed by atoms with Gasteiger partial charge in [-0.3, -0.25) is 4.98 Å². The molecule has 0 radical (unpaired) electrons. The molecule has 2 heterocycles. The third-order valence-electron chi connectivity index (χ3n) is 2.41. The van der Waals surface area contributed by atoms with Gasteiger partial charge < -0.3 is 4.98 Å². The van der Waals surface area contributed by atoms with Crippen molar-refractivity contribution in [3.05, 3.63) is 47.7 Å². The molecule has 1 aromatic carbocycles. The van der Waals surface area contributed by atoms with E-state index in [0.717, 1.165) is 22.4 Å². The van der Waals surface area contributed by atoms with Gasteiger partial charge in [0.25, 0.3) is 0 Å². The highest BCUT2D eigenvalue weighted by Gasteiger charge is 2.07. The van der Waals surface area contributed by atoms with E-state index in [2.05, 4.69) is 15.0 Å². The molecule has 1 N–H and O–H groups in total. The van der Waals surface area contributed by atoms with Gasteiger partial charge in [-0.25, -0.2) is 4.98 Å². The summed E-state index contributed by atoms with van der Waals surface area (Å²) in [4.78, 5) is 11.7. The van der Waals surface area contributed by atoms with Crippen molar-refractivity contribution in [1.29, 1.82) is 0 Å². The largest absolute Gasteiger partial charge is 0.338 e. The molecule has 78 valence electrons. The second kappa shape index (κ2) is 3.61. The predicted octanol–water partition coefficient (Wildman–Crippen LogP) is 3.28. The smallest absolute Gasteiger partial charge is 0.140 e. The Kier molecular flexibility index (Phi) is 2.11. The average molecular weight is 230 g/mol. The highest BCUT2D eigenvalue weighted by atomic mass is 35.5. The number of fused-ring (bicyclic) bond motifs is 1. The number of hydrogen-bond donors (Lipinski definition) is 1. The number of imidazole rings is 1. The van der Waals surface area contributed by atoms with Gasteiger partial charge in [-0.2, -0.15) is 0 Å². The number of halogens is 1. The molecule has 0 aliphatic carbocycles. The van der Waals surface area contributed by atoms with E-state index >= 15 is 0 Å². The van der Waals surface area contributed by atoms with Crippen molar-refractivity contribution in [3.63, 3.8) is 0 Å². The fraction of sp³-hybridized carbons (Fsp3) is 0. The minimum atomic E-state index is 0.689. The Morgan fingerprint density at radius 2 is 2.00 bits per heavy atom. The summed E-state index contributed by atoms with van der Waals surface area (Å²) in [6.45, 7) is 0. The maximum Gasteiger partial charge on any atom is 0.140 e. The average Bonchev–Trinajstić information content (AvgIpc) is 2.73. The summed E-state index contributed by atoms with van der Waals surface area (Å²) in [5.41, 5.74) is 2.71. The van der Waals surface area contributed by atoms with Gasteiger partial charge in [-0.1, -0.05) is 23.7 Å². The number of aromatic nitrogens is 3. The number of benzene rings is 1. The van der Waals surface area contributed by atoms with Crippen LogP contribution in [0, 0.1) is 0 Å². The monoisotopic (exact) mass is 229 g/mol. The third kappa shape index (κ3) is 1.46. The standard InChI is InChI=1S/C12H8ClN3/c13-9-4-2-1-3-8(9)12-15-10-5-6-14-7-11(10)16-12/h1-7H,(H,15,16). The number of rotatable bonds is 1. The van der Waals surface area contributed by atoms with Crippen molar-refractivity contribution >= 4 is 22.6 Å². The van der Waals surface area contributed by atoms with E-state index in [1.165, 1.54) is 0 Å². The van der Waals surface area contributed by atoms with Crippen LogP contribution in [0.2, 0.25) is 5.02 Å². The van der Waals surface area contributed by atoms with E-state index < -0.39 is 0 Å². The second-order valence-corrected chi connectivity index (χ2v) is 3.87. The Hall–Kier alpha value is -1.87. The zero-order valence-corrected chi connectivity index (χ0v) is 9.07. The number of pyridine rings is 1. The van der Waals surface area contributed by atoms with E-state index in [9.17, 15) is 0 Å². The minimum absolute atomic E-state index is 0.689. The molecule has 0 fully saturated rings. The van der Waals surface area contributed by atoms with Crippen LogP contribution in [0.25, 0.3) is 22.4 Å². The molecule has 16 heavy (non-hydrogen) atoms. The highest BCUT2D eigenvalue weighted by Crippen LogP contribution is 2.26. The molecule has 3 nitrogen and oxygen atoms in total. The first kappa shape index (κ1) is 9.36. The molecule has 0 saturated carbocycles. The first-order chi connectivity index (χ1) is 7.84. The van der Waals surface area contributed by atoms with Gasteiger partial charge in [0.05, 0.1) is 16.7 Å². The zero-order chi connectivity index (χ0) is 11.0. The van der Waals surface area contributed by atoms with Crippen molar-refractivity contribution in [2.45, 2.75) is 0 Å². The molecule has 0 aliphatic heterocycles. The Balaban J connectivity index is 2.23. The van der Waals surface area contributed by atoms with Crippen LogP contribution in [-0.4, -0.2) is 15.0 Å².